The van der Waals surface area contributed by atoms with E-state index in [1.165, 1.54) is 35.2 Å². The van der Waals surface area contributed by atoms with Gasteiger partial charge in [-0.05, 0) is 36.8 Å². The van der Waals surface area contributed by atoms with Gasteiger partial charge in [0.1, 0.15) is 11.6 Å². The van der Waals surface area contributed by atoms with E-state index in [1.807, 2.05) is 19.1 Å². The third-order valence-electron chi connectivity index (χ3n) is 3.43. The first kappa shape index (κ1) is 18.4. The number of carbonyl (C=O) groups excluding carboxylic acids is 1. The first-order valence-corrected chi connectivity index (χ1v) is 9.58. The Bertz CT molecular complexity index is 837. The number of rotatable bonds is 8. The van der Waals surface area contributed by atoms with Crippen LogP contribution < -0.4 is 10.6 Å². The summed E-state index contributed by atoms with van der Waals surface area (Å²) in [6.45, 7) is 2.69. The maximum absolute atomic E-state index is 12.9. The van der Waals surface area contributed by atoms with Crippen LogP contribution in [-0.2, 0) is 17.9 Å². The van der Waals surface area contributed by atoms with Gasteiger partial charge in [-0.2, -0.15) is 0 Å². The fraction of sp³-hybridized carbons (Fsp3) is 0.235. The number of nitrogens with one attached hydrogen (secondary N) is 2. The van der Waals surface area contributed by atoms with Gasteiger partial charge in [0, 0.05) is 6.54 Å². The van der Waals surface area contributed by atoms with E-state index >= 15 is 0 Å². The normalized spacial score (nSPS) is 11.9. The minimum atomic E-state index is -0.318. The van der Waals surface area contributed by atoms with Crippen LogP contribution in [-0.4, -0.2) is 21.4 Å². The molecule has 2 N–H and O–H groups in total. The van der Waals surface area contributed by atoms with Crippen molar-refractivity contribution < 1.29 is 13.6 Å². The molecule has 0 fully saturated rings. The highest BCUT2D eigenvalue weighted by Gasteiger charge is 2.17. The average molecular weight is 392 g/mol. The molecule has 0 aliphatic rings. The minimum absolute atomic E-state index is 0.111. The third kappa shape index (κ3) is 5.30. The summed E-state index contributed by atoms with van der Waals surface area (Å²) in [4.78, 5) is 12.2. The average Bonchev–Trinajstić information content (AvgIpc) is 3.31. The third-order valence-corrected chi connectivity index (χ3v) is 5.49. The molecule has 1 aromatic carbocycles. The van der Waals surface area contributed by atoms with Crippen molar-refractivity contribution in [2.24, 2.45) is 0 Å². The van der Waals surface area contributed by atoms with Crippen molar-refractivity contribution >= 4 is 34.1 Å². The molecule has 0 saturated heterocycles. The highest BCUT2D eigenvalue weighted by molar-refractivity contribution is 8.02. The van der Waals surface area contributed by atoms with Gasteiger partial charge in [-0.15, -0.1) is 10.2 Å². The maximum Gasteiger partial charge on any atom is 0.233 e. The summed E-state index contributed by atoms with van der Waals surface area (Å²) in [5.41, 5.74) is 0.845. The zero-order valence-corrected chi connectivity index (χ0v) is 15.6. The van der Waals surface area contributed by atoms with Crippen LogP contribution in [0.3, 0.4) is 0 Å². The number of hydrogen-bond acceptors (Lipinski definition) is 7. The zero-order chi connectivity index (χ0) is 18.4. The number of amides is 1. The van der Waals surface area contributed by atoms with E-state index in [2.05, 4.69) is 20.8 Å². The van der Waals surface area contributed by atoms with Crippen molar-refractivity contribution in [3.05, 3.63) is 59.8 Å². The van der Waals surface area contributed by atoms with Gasteiger partial charge in [-0.25, -0.2) is 4.39 Å². The molecule has 2 aromatic heterocycles. The number of furan rings is 1. The summed E-state index contributed by atoms with van der Waals surface area (Å²) < 4.78 is 18.8. The zero-order valence-electron chi connectivity index (χ0n) is 13.9. The Kier molecular flexibility index (Phi) is 6.24. The van der Waals surface area contributed by atoms with E-state index < -0.39 is 0 Å². The Morgan fingerprint density at radius 1 is 1.27 bits per heavy atom. The number of anilines is 1. The second kappa shape index (κ2) is 8.81. The number of aromatic nitrogens is 2. The Morgan fingerprint density at radius 2 is 2.08 bits per heavy atom. The molecule has 26 heavy (non-hydrogen) atoms. The quantitative estimate of drug-likeness (QED) is 0.569. The second-order valence-corrected chi connectivity index (χ2v) is 7.98. The summed E-state index contributed by atoms with van der Waals surface area (Å²) >= 11 is 2.73. The number of benzene rings is 1. The Morgan fingerprint density at radius 3 is 2.81 bits per heavy atom. The molecule has 3 aromatic rings. The summed E-state index contributed by atoms with van der Waals surface area (Å²) in [5.74, 6) is 0.402. The highest BCUT2D eigenvalue weighted by atomic mass is 32.2. The van der Waals surface area contributed by atoms with E-state index in [0.29, 0.717) is 22.6 Å². The largest absolute Gasteiger partial charge is 0.467 e. The predicted molar refractivity (Wildman–Crippen MR) is 99.5 cm³/mol. The maximum atomic E-state index is 12.9. The van der Waals surface area contributed by atoms with E-state index in [4.69, 9.17) is 4.42 Å². The van der Waals surface area contributed by atoms with Crippen molar-refractivity contribution in [1.82, 2.24) is 15.5 Å². The lowest BCUT2D eigenvalue weighted by molar-refractivity contribution is -0.120. The van der Waals surface area contributed by atoms with Crippen molar-refractivity contribution in [2.45, 2.75) is 29.6 Å². The fourth-order valence-electron chi connectivity index (χ4n) is 2.04. The van der Waals surface area contributed by atoms with Gasteiger partial charge in [-0.3, -0.25) is 4.79 Å². The standard InChI is InChI=1S/C17H17FN4O2S2/c1-11(15(23)19-9-12-4-6-13(18)7-5-12)25-17-22-21-16(26-17)20-10-14-3-2-8-24-14/h2-8,11H,9-10H2,1H3,(H,19,23)(H,20,21)/t11-/m0/s1. The van der Waals surface area contributed by atoms with E-state index in [9.17, 15) is 9.18 Å². The van der Waals surface area contributed by atoms with Gasteiger partial charge < -0.3 is 15.1 Å². The molecule has 1 amide bonds. The predicted octanol–water partition coefficient (Wildman–Crippen LogP) is 3.68. The number of hydrogen-bond donors (Lipinski definition) is 2. The summed E-state index contributed by atoms with van der Waals surface area (Å²) in [6, 6.07) is 9.74. The number of thioether (sulfide) groups is 1. The minimum Gasteiger partial charge on any atom is -0.467 e. The van der Waals surface area contributed by atoms with Crippen LogP contribution in [0.2, 0.25) is 0 Å². The van der Waals surface area contributed by atoms with Crippen molar-refractivity contribution in [2.75, 3.05) is 5.32 Å². The Labute approximate surface area is 158 Å². The topological polar surface area (TPSA) is 80.1 Å². The van der Waals surface area contributed by atoms with Crippen LogP contribution >= 0.6 is 23.1 Å². The SMILES string of the molecule is C[C@H](Sc1nnc(NCc2ccco2)s1)C(=O)NCc1ccc(F)cc1. The molecule has 0 saturated carbocycles. The first-order chi connectivity index (χ1) is 12.6. The molecule has 3 rings (SSSR count). The molecule has 0 aliphatic heterocycles. The van der Waals surface area contributed by atoms with Crippen molar-refractivity contribution in [3.63, 3.8) is 0 Å². The van der Waals surface area contributed by atoms with Crippen LogP contribution in [0.25, 0.3) is 0 Å². The summed E-state index contributed by atoms with van der Waals surface area (Å²) in [6.07, 6.45) is 1.62. The molecule has 9 heteroatoms. The van der Waals surface area contributed by atoms with E-state index in [-0.39, 0.29) is 17.0 Å². The van der Waals surface area contributed by atoms with Crippen LogP contribution in [0.5, 0.6) is 0 Å². The molecule has 0 spiro atoms. The number of carbonyl (C=O) groups is 1. The Balaban J connectivity index is 1.45. The molecular formula is C17H17FN4O2S2. The molecule has 6 nitrogen and oxygen atoms in total. The monoisotopic (exact) mass is 392 g/mol. The van der Waals surface area contributed by atoms with E-state index in [1.54, 1.807) is 18.4 Å². The molecule has 0 unspecified atom stereocenters. The van der Waals surface area contributed by atoms with Crippen LogP contribution in [0.1, 0.15) is 18.2 Å². The molecule has 0 radical (unpaired) electrons. The van der Waals surface area contributed by atoms with Gasteiger partial charge in [0.15, 0.2) is 4.34 Å². The Hall–Kier alpha value is -2.39. The van der Waals surface area contributed by atoms with Crippen LogP contribution in [0.15, 0.2) is 51.4 Å². The lowest BCUT2D eigenvalue weighted by atomic mass is 10.2. The molecule has 0 aliphatic carbocycles. The molecule has 0 bridgehead atoms. The number of halogens is 1. The summed E-state index contributed by atoms with van der Waals surface area (Å²) in [7, 11) is 0. The van der Waals surface area contributed by atoms with Crippen LogP contribution in [0.4, 0.5) is 9.52 Å². The first-order valence-electron chi connectivity index (χ1n) is 7.89. The van der Waals surface area contributed by atoms with Crippen LogP contribution in [0, 0.1) is 5.82 Å². The van der Waals surface area contributed by atoms with Gasteiger partial charge in [0.2, 0.25) is 11.0 Å². The molecule has 1 atom stereocenters. The van der Waals surface area contributed by atoms with E-state index in [0.717, 1.165) is 11.3 Å². The summed E-state index contributed by atoms with van der Waals surface area (Å²) in [5, 5.41) is 14.5. The number of nitrogens with zero attached hydrogens (tertiary/aromatic N) is 2. The molecule has 136 valence electrons. The van der Waals surface area contributed by atoms with Crippen molar-refractivity contribution in [1.29, 1.82) is 0 Å². The lowest BCUT2D eigenvalue weighted by Gasteiger charge is -2.10. The van der Waals surface area contributed by atoms with Gasteiger partial charge in [0.25, 0.3) is 0 Å². The lowest BCUT2D eigenvalue weighted by Crippen LogP contribution is -2.30. The van der Waals surface area contributed by atoms with Gasteiger partial charge in [-0.1, -0.05) is 35.2 Å². The van der Waals surface area contributed by atoms with Gasteiger partial charge >= 0.3 is 0 Å². The fourth-order valence-corrected chi connectivity index (χ4v) is 3.96. The van der Waals surface area contributed by atoms with Crippen molar-refractivity contribution in [3.8, 4) is 0 Å². The second-order valence-electron chi connectivity index (χ2n) is 5.41. The smallest absolute Gasteiger partial charge is 0.233 e. The van der Waals surface area contributed by atoms with Gasteiger partial charge in [0.05, 0.1) is 18.1 Å². The molecule has 2 heterocycles. The highest BCUT2D eigenvalue weighted by Crippen LogP contribution is 2.29. The molecular weight excluding hydrogens is 375 g/mol.